The Bertz CT molecular complexity index is 169. The Labute approximate surface area is 155 Å². The van der Waals surface area contributed by atoms with Crippen LogP contribution in [0, 0.1) is 34.4 Å². The summed E-state index contributed by atoms with van der Waals surface area (Å²) >= 11 is -2.18. The molecule has 3 nitrogen and oxygen atoms in total. The van der Waals surface area contributed by atoms with E-state index in [0.29, 0.717) is 0 Å². The topological polar surface area (TPSA) is 27.7 Å². The molecule has 0 atom stereocenters. The Morgan fingerprint density at radius 1 is 0.455 bits per heavy atom. The molecule has 0 amide bonds. The van der Waals surface area contributed by atoms with E-state index >= 15 is 0 Å². The molecule has 0 rings (SSSR count). The van der Waals surface area contributed by atoms with Crippen LogP contribution in [0.4, 0.5) is 0 Å². The van der Waals surface area contributed by atoms with Crippen LogP contribution < -0.4 is 0 Å². The minimum absolute atomic E-state index is 0.819. The molecule has 0 aliphatic carbocycles. The molecule has 0 saturated heterocycles. The molecule has 0 radical (unpaired) electrons. The van der Waals surface area contributed by atoms with E-state index in [4.69, 9.17) is 4.01 Å². The van der Waals surface area contributed by atoms with E-state index in [-0.39, 0.29) is 0 Å². The van der Waals surface area contributed by atoms with Gasteiger partial charge in [-0.2, -0.15) is 0 Å². The fraction of sp³-hybridized carbons (Fsp3) is 1.00. The third kappa shape index (κ3) is 17.5. The third-order valence-electron chi connectivity index (χ3n) is 3.43. The molecule has 0 saturated carbocycles. The first-order valence-electron chi connectivity index (χ1n) is 9.40. The number of unbranched alkanes of at least 4 members (excludes halogenated alkanes) is 9. The minimum atomic E-state index is -2.18. The van der Waals surface area contributed by atoms with Crippen LogP contribution in [-0.4, -0.2) is 19.8 Å². The molecule has 0 bridgehead atoms. The maximum atomic E-state index is 5.92. The average molecular weight is 462 g/mol. The van der Waals surface area contributed by atoms with Gasteiger partial charge < -0.3 is 0 Å². The van der Waals surface area contributed by atoms with Crippen molar-refractivity contribution in [3.05, 3.63) is 0 Å². The fourth-order valence-electron chi connectivity index (χ4n) is 1.98. The first-order chi connectivity index (χ1) is 10.8. The Balaban J connectivity index is 3.72. The molecular weight excluding hydrogens is 423 g/mol. The van der Waals surface area contributed by atoms with E-state index in [2.05, 4.69) is 20.8 Å². The molecule has 22 heavy (non-hydrogen) atoms. The maximum absolute atomic E-state index is 5.92. The van der Waals surface area contributed by atoms with Crippen molar-refractivity contribution < 1.29 is 38.4 Å². The predicted molar refractivity (Wildman–Crippen MR) is 90.3 cm³/mol. The summed E-state index contributed by atoms with van der Waals surface area (Å²) in [5.41, 5.74) is 0. The second-order valence-corrected chi connectivity index (χ2v) is 8.67. The van der Waals surface area contributed by atoms with Gasteiger partial charge in [-0.3, -0.25) is 0 Å². The van der Waals surface area contributed by atoms with Crippen LogP contribution in [0.25, 0.3) is 0 Å². The van der Waals surface area contributed by atoms with E-state index in [9.17, 15) is 0 Å². The van der Waals surface area contributed by atoms with E-state index in [1.165, 1.54) is 57.8 Å². The Kier molecular flexibility index (Phi) is 21.3. The van der Waals surface area contributed by atoms with E-state index in [1.807, 2.05) is 0 Å². The summed E-state index contributed by atoms with van der Waals surface area (Å²) < 4.78 is 17.8. The summed E-state index contributed by atoms with van der Waals surface area (Å²) in [6.07, 6.45) is 14.9. The van der Waals surface area contributed by atoms with Gasteiger partial charge in [0, 0.05) is 0 Å². The van der Waals surface area contributed by atoms with Crippen LogP contribution in [0.2, 0.25) is 0 Å². The average Bonchev–Trinajstić information content (AvgIpc) is 2.53. The van der Waals surface area contributed by atoms with Crippen molar-refractivity contribution in [2.75, 3.05) is 19.8 Å². The first kappa shape index (κ1) is 23.2. The summed E-state index contributed by atoms with van der Waals surface area (Å²) in [6, 6.07) is 0. The summed E-state index contributed by atoms with van der Waals surface area (Å²) in [4.78, 5) is 0. The van der Waals surface area contributed by atoms with E-state index in [0.717, 1.165) is 39.1 Å². The number of hydrogen-bond donors (Lipinski definition) is 0. The van der Waals surface area contributed by atoms with E-state index in [1.54, 1.807) is 0 Å². The van der Waals surface area contributed by atoms with Crippen molar-refractivity contribution in [3.63, 3.8) is 0 Å². The summed E-state index contributed by atoms with van der Waals surface area (Å²) in [7, 11) is 0. The molecule has 0 aromatic carbocycles. The second-order valence-electron chi connectivity index (χ2n) is 5.75. The summed E-state index contributed by atoms with van der Waals surface area (Å²) in [5.74, 6) is 0. The zero-order chi connectivity index (χ0) is 16.3. The molecular formula is C18H39O3Tb. The van der Waals surface area contributed by atoms with Crippen LogP contribution in [0.3, 0.4) is 0 Å². The van der Waals surface area contributed by atoms with Crippen molar-refractivity contribution in [3.8, 4) is 0 Å². The molecule has 0 heterocycles. The zero-order valence-electron chi connectivity index (χ0n) is 15.2. The van der Waals surface area contributed by atoms with Gasteiger partial charge in [0.05, 0.1) is 0 Å². The Morgan fingerprint density at radius 3 is 1.05 bits per heavy atom. The molecule has 138 valence electrons. The van der Waals surface area contributed by atoms with Crippen LogP contribution >= 0.6 is 0 Å². The molecule has 0 aliphatic rings. The molecule has 0 aromatic rings. The van der Waals surface area contributed by atoms with Crippen molar-refractivity contribution in [2.45, 2.75) is 97.8 Å². The van der Waals surface area contributed by atoms with Crippen LogP contribution in [0.1, 0.15) is 97.8 Å². The van der Waals surface area contributed by atoms with Crippen LogP contribution in [-0.2, 0) is 4.01 Å². The van der Waals surface area contributed by atoms with Crippen LogP contribution in [0.5, 0.6) is 0 Å². The molecule has 0 N–H and O–H groups in total. The molecule has 0 aromatic heterocycles. The zero-order valence-corrected chi connectivity index (χ0v) is 17.3. The van der Waals surface area contributed by atoms with Crippen molar-refractivity contribution >= 4 is 0 Å². The Hall–Kier alpha value is 1.17. The standard InChI is InChI=1S/3C6H13O.Tb/c3*1-2-3-4-5-6-7;/h3*2-6H2,1H3;/q3*-1;+3. The molecule has 4 heteroatoms. The van der Waals surface area contributed by atoms with Gasteiger partial charge in [0.25, 0.3) is 0 Å². The number of hydrogen-bond acceptors (Lipinski definition) is 3. The van der Waals surface area contributed by atoms with Gasteiger partial charge in [0.1, 0.15) is 0 Å². The monoisotopic (exact) mass is 462 g/mol. The number of rotatable bonds is 18. The van der Waals surface area contributed by atoms with Gasteiger partial charge in [0.15, 0.2) is 0 Å². The van der Waals surface area contributed by atoms with Crippen molar-refractivity contribution in [2.24, 2.45) is 0 Å². The van der Waals surface area contributed by atoms with E-state index < -0.39 is 34.4 Å². The molecule has 0 spiro atoms. The predicted octanol–water partition coefficient (Wildman–Crippen LogP) is 6.14. The quantitative estimate of drug-likeness (QED) is 0.229. The van der Waals surface area contributed by atoms with Crippen molar-refractivity contribution in [1.29, 1.82) is 0 Å². The van der Waals surface area contributed by atoms with Gasteiger partial charge in [0.2, 0.25) is 0 Å². The first-order valence-corrected chi connectivity index (χ1v) is 12.0. The van der Waals surface area contributed by atoms with Gasteiger partial charge in [-0.25, -0.2) is 0 Å². The van der Waals surface area contributed by atoms with Crippen LogP contribution in [0.15, 0.2) is 0 Å². The molecule has 0 aliphatic heterocycles. The Morgan fingerprint density at radius 2 is 0.773 bits per heavy atom. The van der Waals surface area contributed by atoms with Gasteiger partial charge in [-0.15, -0.1) is 0 Å². The van der Waals surface area contributed by atoms with Gasteiger partial charge >= 0.3 is 156 Å². The molecule has 0 unspecified atom stereocenters. The second kappa shape index (κ2) is 20.2. The van der Waals surface area contributed by atoms with Gasteiger partial charge in [-0.05, 0) is 0 Å². The SMILES string of the molecule is CCCCCC[O][Tb]([O]CCCCCC)[O]CCCCCC. The molecule has 0 fully saturated rings. The summed E-state index contributed by atoms with van der Waals surface area (Å²) in [6.45, 7) is 9.16. The fourth-order valence-corrected chi connectivity index (χ4v) is 4.51. The summed E-state index contributed by atoms with van der Waals surface area (Å²) in [5, 5.41) is 0. The third-order valence-corrected chi connectivity index (χ3v) is 6.26. The normalized spacial score (nSPS) is 11.9. The van der Waals surface area contributed by atoms with Gasteiger partial charge in [-0.1, -0.05) is 0 Å². The van der Waals surface area contributed by atoms with Crippen molar-refractivity contribution in [1.82, 2.24) is 0 Å².